The van der Waals surface area contributed by atoms with Crippen molar-refractivity contribution in [1.29, 1.82) is 0 Å². The van der Waals surface area contributed by atoms with E-state index in [2.05, 4.69) is 17.1 Å². The second-order valence-corrected chi connectivity index (χ2v) is 6.14. The molecule has 0 bridgehead atoms. The van der Waals surface area contributed by atoms with Crippen molar-refractivity contribution in [3.8, 4) is 0 Å². The molecule has 2 rings (SSSR count). The van der Waals surface area contributed by atoms with Crippen LogP contribution < -0.4 is 5.32 Å². The maximum atomic E-state index is 12.5. The monoisotopic (exact) mass is 356 g/mol. The van der Waals surface area contributed by atoms with Gasteiger partial charge in [-0.3, -0.25) is 9.69 Å². The number of nitrogens with zero attached hydrogens (tertiary/aromatic N) is 1. The zero-order chi connectivity index (χ0) is 18.4. The number of hydrogen-bond donors (Lipinski definition) is 1. The van der Waals surface area contributed by atoms with Gasteiger partial charge in [-0.1, -0.05) is 12.1 Å². The summed E-state index contributed by atoms with van der Waals surface area (Å²) in [6, 6.07) is 4.80. The van der Waals surface area contributed by atoms with Crippen LogP contribution in [0.1, 0.15) is 25.0 Å². The fraction of sp³-hybridized carbons (Fsp3) is 0.500. The van der Waals surface area contributed by atoms with Crippen LogP contribution in [0.3, 0.4) is 0 Å². The highest BCUT2D eigenvalue weighted by atomic mass is 19.4. The van der Waals surface area contributed by atoms with Gasteiger partial charge in [0.05, 0.1) is 18.8 Å². The molecule has 7 heteroatoms. The third-order valence-corrected chi connectivity index (χ3v) is 4.38. The highest BCUT2D eigenvalue weighted by Crippen LogP contribution is 2.29. The molecule has 0 radical (unpaired) electrons. The maximum absolute atomic E-state index is 12.5. The molecule has 1 fully saturated rings. The lowest BCUT2D eigenvalue weighted by molar-refractivity contribution is -0.137. The van der Waals surface area contributed by atoms with Crippen LogP contribution in [-0.2, 0) is 15.7 Å². The first kappa shape index (κ1) is 19.5. The van der Waals surface area contributed by atoms with Crippen LogP contribution >= 0.6 is 0 Å². The molecule has 138 valence electrons. The van der Waals surface area contributed by atoms with E-state index in [1.165, 1.54) is 24.3 Å². The number of halogens is 3. The van der Waals surface area contributed by atoms with E-state index in [0.29, 0.717) is 18.8 Å². The maximum Gasteiger partial charge on any atom is 0.416 e. The molecule has 0 aliphatic carbocycles. The lowest BCUT2D eigenvalue weighted by atomic mass is 10.1. The van der Waals surface area contributed by atoms with Crippen LogP contribution in [0.25, 0.3) is 6.08 Å². The number of alkyl halides is 3. The highest BCUT2D eigenvalue weighted by Gasteiger charge is 2.29. The minimum absolute atomic E-state index is 0.0529. The number of carbonyl (C=O) groups is 1. The minimum atomic E-state index is -4.36. The van der Waals surface area contributed by atoms with Crippen molar-refractivity contribution in [3.05, 3.63) is 41.5 Å². The summed E-state index contributed by atoms with van der Waals surface area (Å²) in [4.78, 5) is 14.3. The Bertz CT molecular complexity index is 593. The Balaban J connectivity index is 1.87. The van der Waals surface area contributed by atoms with Crippen molar-refractivity contribution in [1.82, 2.24) is 10.2 Å². The number of rotatable bonds is 5. The van der Waals surface area contributed by atoms with Crippen LogP contribution in [0.2, 0.25) is 0 Å². The Labute approximate surface area is 145 Å². The Kier molecular flexibility index (Phi) is 6.61. The summed E-state index contributed by atoms with van der Waals surface area (Å²) in [6.07, 6.45) is -1.52. The fourth-order valence-corrected chi connectivity index (χ4v) is 2.65. The molecule has 0 spiro atoms. The molecule has 1 aliphatic heterocycles. The zero-order valence-electron chi connectivity index (χ0n) is 14.3. The first-order valence-corrected chi connectivity index (χ1v) is 8.25. The largest absolute Gasteiger partial charge is 0.416 e. The van der Waals surface area contributed by atoms with Crippen LogP contribution in [0.4, 0.5) is 13.2 Å². The predicted octanol–water partition coefficient (Wildman–Crippen LogP) is 2.94. The number of morpholine rings is 1. The Morgan fingerprint density at radius 1 is 1.20 bits per heavy atom. The normalized spacial score (nSPS) is 18.9. The topological polar surface area (TPSA) is 41.6 Å². The van der Waals surface area contributed by atoms with E-state index in [4.69, 9.17) is 4.74 Å². The molecule has 1 amide bonds. The second kappa shape index (κ2) is 8.49. The van der Waals surface area contributed by atoms with E-state index in [-0.39, 0.29) is 18.0 Å². The molecular formula is C18H23F3N2O2. The number of benzene rings is 1. The third kappa shape index (κ3) is 5.86. The quantitative estimate of drug-likeness (QED) is 0.825. The average Bonchev–Trinajstić information content (AvgIpc) is 2.59. The van der Waals surface area contributed by atoms with Gasteiger partial charge in [0.15, 0.2) is 0 Å². The van der Waals surface area contributed by atoms with Crippen molar-refractivity contribution in [2.75, 3.05) is 26.3 Å². The highest BCUT2D eigenvalue weighted by molar-refractivity contribution is 5.91. The molecular weight excluding hydrogens is 333 g/mol. The molecule has 0 saturated carbocycles. The van der Waals surface area contributed by atoms with Crippen LogP contribution in [0.5, 0.6) is 0 Å². The minimum Gasteiger partial charge on any atom is -0.379 e. The average molecular weight is 356 g/mol. The smallest absolute Gasteiger partial charge is 0.379 e. The van der Waals surface area contributed by atoms with E-state index in [0.717, 1.165) is 25.2 Å². The van der Waals surface area contributed by atoms with Gasteiger partial charge in [0.25, 0.3) is 0 Å². The van der Waals surface area contributed by atoms with Gasteiger partial charge in [-0.25, -0.2) is 0 Å². The van der Waals surface area contributed by atoms with E-state index in [9.17, 15) is 18.0 Å². The molecule has 1 saturated heterocycles. The Morgan fingerprint density at radius 3 is 2.36 bits per heavy atom. The molecule has 1 N–H and O–H groups in total. The van der Waals surface area contributed by atoms with Crippen molar-refractivity contribution < 1.29 is 22.7 Å². The number of amides is 1. The summed E-state index contributed by atoms with van der Waals surface area (Å²) < 4.78 is 42.9. The van der Waals surface area contributed by atoms with Crippen LogP contribution in [0, 0.1) is 0 Å². The van der Waals surface area contributed by atoms with Gasteiger partial charge in [-0.05, 0) is 37.6 Å². The lowest BCUT2D eigenvalue weighted by Gasteiger charge is -2.35. The van der Waals surface area contributed by atoms with Crippen molar-refractivity contribution in [2.24, 2.45) is 0 Å². The van der Waals surface area contributed by atoms with E-state index in [1.807, 2.05) is 6.92 Å². The first-order chi connectivity index (χ1) is 11.8. The molecule has 25 heavy (non-hydrogen) atoms. The summed E-state index contributed by atoms with van der Waals surface area (Å²) in [7, 11) is 0. The molecule has 1 aromatic rings. The first-order valence-electron chi connectivity index (χ1n) is 8.25. The molecule has 1 aliphatic rings. The molecule has 1 heterocycles. The van der Waals surface area contributed by atoms with Gasteiger partial charge in [-0.15, -0.1) is 0 Å². The summed E-state index contributed by atoms with van der Waals surface area (Å²) in [5, 5.41) is 2.89. The SMILES string of the molecule is CC(NC(=O)/C=C/c1ccc(C(F)(F)F)cc1)C(C)N1CCOCC1. The Morgan fingerprint density at radius 2 is 1.80 bits per heavy atom. The van der Waals surface area contributed by atoms with E-state index in [1.54, 1.807) is 0 Å². The van der Waals surface area contributed by atoms with Gasteiger partial charge < -0.3 is 10.1 Å². The standard InChI is InChI=1S/C18H23F3N2O2/c1-13(14(2)23-9-11-25-12-10-23)22-17(24)8-5-15-3-6-16(7-4-15)18(19,20)21/h3-8,13-14H,9-12H2,1-2H3,(H,22,24)/b8-5+. The summed E-state index contributed by atoms with van der Waals surface area (Å²) >= 11 is 0. The van der Waals surface area contributed by atoms with Gasteiger partial charge in [-0.2, -0.15) is 13.2 Å². The molecule has 2 atom stereocenters. The van der Waals surface area contributed by atoms with Crippen molar-refractivity contribution >= 4 is 12.0 Å². The summed E-state index contributed by atoms with van der Waals surface area (Å²) in [5.41, 5.74) is -0.168. The Hall–Kier alpha value is -1.86. The molecule has 1 aromatic carbocycles. The van der Waals surface area contributed by atoms with Crippen molar-refractivity contribution in [3.63, 3.8) is 0 Å². The number of nitrogens with one attached hydrogen (secondary N) is 1. The van der Waals surface area contributed by atoms with Gasteiger partial charge >= 0.3 is 6.18 Å². The summed E-state index contributed by atoms with van der Waals surface area (Å²) in [6.45, 7) is 7.04. The molecule has 2 unspecified atom stereocenters. The van der Waals surface area contributed by atoms with Crippen LogP contribution in [-0.4, -0.2) is 49.2 Å². The van der Waals surface area contributed by atoms with Gasteiger partial charge in [0.2, 0.25) is 5.91 Å². The predicted molar refractivity (Wildman–Crippen MR) is 89.9 cm³/mol. The van der Waals surface area contributed by atoms with E-state index >= 15 is 0 Å². The molecule has 4 nitrogen and oxygen atoms in total. The fourth-order valence-electron chi connectivity index (χ4n) is 2.65. The zero-order valence-corrected chi connectivity index (χ0v) is 14.3. The lowest BCUT2D eigenvalue weighted by Crippen LogP contribution is -2.51. The molecule has 0 aromatic heterocycles. The third-order valence-electron chi connectivity index (χ3n) is 4.38. The van der Waals surface area contributed by atoms with Crippen LogP contribution in [0.15, 0.2) is 30.3 Å². The number of carbonyl (C=O) groups excluding carboxylic acids is 1. The van der Waals surface area contributed by atoms with E-state index < -0.39 is 11.7 Å². The van der Waals surface area contributed by atoms with Gasteiger partial charge in [0.1, 0.15) is 0 Å². The summed E-state index contributed by atoms with van der Waals surface area (Å²) in [5.74, 6) is -0.271. The second-order valence-electron chi connectivity index (χ2n) is 6.14. The number of ether oxygens (including phenoxy) is 1. The van der Waals surface area contributed by atoms with Gasteiger partial charge in [0, 0.05) is 31.2 Å². The number of hydrogen-bond acceptors (Lipinski definition) is 3. The van der Waals surface area contributed by atoms with Crippen molar-refractivity contribution in [2.45, 2.75) is 32.1 Å².